The molecule has 1 aliphatic heterocycles. The molecule has 1 aromatic carbocycles. The number of primary amides is 1. The van der Waals surface area contributed by atoms with Gasteiger partial charge in [0.2, 0.25) is 5.78 Å². The van der Waals surface area contributed by atoms with E-state index in [1.54, 1.807) is 14.1 Å². The minimum atomic E-state index is -2.64. The van der Waals surface area contributed by atoms with E-state index in [9.17, 15) is 34.8 Å². The van der Waals surface area contributed by atoms with Gasteiger partial charge in [-0.15, -0.1) is 0 Å². The van der Waals surface area contributed by atoms with Gasteiger partial charge in [-0.3, -0.25) is 19.3 Å². The highest BCUT2D eigenvalue weighted by atomic mass is 16.3. The van der Waals surface area contributed by atoms with Gasteiger partial charge in [0.1, 0.15) is 22.8 Å². The first-order valence-corrected chi connectivity index (χ1v) is 13.2. The van der Waals surface area contributed by atoms with Crippen molar-refractivity contribution in [2.24, 2.45) is 17.6 Å². The third kappa shape index (κ3) is 3.86. The molecule has 1 saturated heterocycles. The number of nitrogens with two attached hydrogens (primary N) is 1. The number of aliphatic hydroxyl groups excluding tert-OH is 2. The summed E-state index contributed by atoms with van der Waals surface area (Å²) in [6.45, 7) is 1.85. The lowest BCUT2D eigenvalue weighted by Gasteiger charge is -2.50. The van der Waals surface area contributed by atoms with Gasteiger partial charge in [-0.2, -0.15) is 0 Å². The Kier molecular flexibility index (Phi) is 6.52. The minimum Gasteiger partial charge on any atom is -0.508 e. The average Bonchev–Trinajstić information content (AvgIpc) is 2.86. The van der Waals surface area contributed by atoms with Crippen molar-refractivity contribution in [2.45, 2.75) is 43.4 Å². The normalized spacial score (nSPS) is 29.8. The third-order valence-corrected chi connectivity index (χ3v) is 9.19. The summed E-state index contributed by atoms with van der Waals surface area (Å²) < 4.78 is 0. The number of amides is 1. The van der Waals surface area contributed by atoms with Crippen molar-refractivity contribution < 1.29 is 34.8 Å². The number of piperidine rings is 1. The lowest BCUT2D eigenvalue weighted by molar-refractivity contribution is -0.153. The fourth-order valence-electron chi connectivity index (χ4n) is 7.07. The van der Waals surface area contributed by atoms with E-state index in [2.05, 4.69) is 11.9 Å². The van der Waals surface area contributed by atoms with Crippen molar-refractivity contribution >= 4 is 28.9 Å². The molecule has 210 valence electrons. The van der Waals surface area contributed by atoms with Gasteiger partial charge < -0.3 is 36.0 Å². The number of hydrogen-bond acceptors (Lipinski definition) is 10. The maximum atomic E-state index is 14.0. The second-order valence-corrected chi connectivity index (χ2v) is 11.6. The Morgan fingerprint density at radius 1 is 1.10 bits per heavy atom. The Balaban J connectivity index is 1.61. The topological polar surface area (TPSA) is 168 Å². The summed E-state index contributed by atoms with van der Waals surface area (Å²) in [5, 5.41) is 45.5. The first-order chi connectivity index (χ1) is 18.3. The number of aliphatic hydroxyl groups is 3. The van der Waals surface area contributed by atoms with Crippen molar-refractivity contribution in [3.8, 4) is 5.75 Å². The molecule has 2 fully saturated rings. The molecule has 1 heterocycles. The van der Waals surface area contributed by atoms with E-state index in [0.29, 0.717) is 11.3 Å². The Bertz CT molecular complexity index is 1330. The number of Topliss-reactive ketones (excluding diaryl/α,β-unsaturated/α-hetero) is 2. The summed E-state index contributed by atoms with van der Waals surface area (Å²) >= 11 is 0. The molecule has 1 saturated carbocycles. The summed E-state index contributed by atoms with van der Waals surface area (Å²) in [5.41, 5.74) is 3.05. The van der Waals surface area contributed by atoms with Crippen molar-refractivity contribution in [3.63, 3.8) is 0 Å². The van der Waals surface area contributed by atoms with Gasteiger partial charge in [-0.1, -0.05) is 6.07 Å². The van der Waals surface area contributed by atoms with E-state index in [-0.39, 0.29) is 35.8 Å². The fourth-order valence-corrected chi connectivity index (χ4v) is 7.07. The smallest absolute Gasteiger partial charge is 0.255 e. The predicted octanol–water partition coefficient (Wildman–Crippen LogP) is 0.494. The molecule has 0 aromatic heterocycles. The van der Waals surface area contributed by atoms with E-state index in [1.807, 2.05) is 24.1 Å². The number of fused-ring (bicyclic) bond motifs is 3. The first kappa shape index (κ1) is 27.2. The van der Waals surface area contributed by atoms with E-state index in [0.717, 1.165) is 25.9 Å². The van der Waals surface area contributed by atoms with E-state index in [1.165, 1.54) is 4.90 Å². The van der Waals surface area contributed by atoms with Crippen LogP contribution in [-0.2, 0) is 20.8 Å². The van der Waals surface area contributed by atoms with E-state index < -0.39 is 58.0 Å². The number of anilines is 1. The van der Waals surface area contributed by atoms with Gasteiger partial charge in [0.25, 0.3) is 5.91 Å². The van der Waals surface area contributed by atoms with Crippen molar-refractivity contribution in [2.75, 3.05) is 46.2 Å². The number of likely N-dealkylation sites (N-methyl/N-ethyl adjacent to an activating group) is 1. The zero-order valence-corrected chi connectivity index (χ0v) is 22.6. The summed E-state index contributed by atoms with van der Waals surface area (Å²) in [6.07, 6.45) is 2.17. The van der Waals surface area contributed by atoms with Crippen molar-refractivity contribution in [1.29, 1.82) is 0 Å². The van der Waals surface area contributed by atoms with Crippen LogP contribution in [0.5, 0.6) is 5.75 Å². The second-order valence-electron chi connectivity index (χ2n) is 11.6. The Morgan fingerprint density at radius 2 is 1.74 bits per heavy atom. The number of phenolic OH excluding ortho intramolecular Hbond substituents is 1. The molecule has 0 radical (unpaired) electrons. The second kappa shape index (κ2) is 9.35. The molecular weight excluding hydrogens is 504 g/mol. The number of aromatic hydroxyl groups is 1. The van der Waals surface area contributed by atoms with Crippen molar-refractivity contribution in [1.82, 2.24) is 9.80 Å². The number of hydrogen-bond donors (Lipinski definition) is 5. The zero-order chi connectivity index (χ0) is 28.5. The zero-order valence-electron chi connectivity index (χ0n) is 22.6. The van der Waals surface area contributed by atoms with Crippen LogP contribution in [0.2, 0.25) is 0 Å². The molecule has 39 heavy (non-hydrogen) atoms. The molecule has 0 bridgehead atoms. The maximum absolute atomic E-state index is 14.0. The number of likely N-dealkylation sites (tertiary alicyclic amines) is 1. The highest BCUT2D eigenvalue weighted by Crippen LogP contribution is 2.53. The molecule has 4 atom stereocenters. The highest BCUT2D eigenvalue weighted by Gasteiger charge is 2.64. The lowest BCUT2D eigenvalue weighted by atomic mass is 9.57. The van der Waals surface area contributed by atoms with Crippen LogP contribution in [0.4, 0.5) is 5.69 Å². The maximum Gasteiger partial charge on any atom is 0.255 e. The molecule has 4 aliphatic rings. The Morgan fingerprint density at radius 3 is 2.33 bits per heavy atom. The van der Waals surface area contributed by atoms with Gasteiger partial charge in [0, 0.05) is 24.6 Å². The number of rotatable bonds is 4. The first-order valence-electron chi connectivity index (χ1n) is 13.2. The Hall–Kier alpha value is -3.41. The van der Waals surface area contributed by atoms with Crippen LogP contribution in [0.3, 0.4) is 0 Å². The molecule has 3 aliphatic carbocycles. The van der Waals surface area contributed by atoms with Crippen LogP contribution >= 0.6 is 0 Å². The summed E-state index contributed by atoms with van der Waals surface area (Å²) in [4.78, 5) is 44.9. The van der Waals surface area contributed by atoms with E-state index in [4.69, 9.17) is 5.73 Å². The standard InChI is InChI=1S/C28H36N4O7/c1-30(2)21-16-12-14-11-13-5-6-17(32(4)15-7-9-31(3)10-8-15)22(33)18(13)23(34)19(14)25(36)28(16,39)26(37)20(24(21)35)27(29)38/h5-6,14-16,21,33-34,37,39H,7-12H2,1-4H3,(H2,29,38)/t14-,16-,21-,28-/m1/s1. The molecule has 1 amide bonds. The molecule has 1 aromatic rings. The number of ketones is 2. The highest BCUT2D eigenvalue weighted by molar-refractivity contribution is 6.24. The SMILES string of the molecule is CN1CCC(N(C)c2ccc3c(c2O)C(O)=C2C(=O)[C@@]4(O)C(O)=C(C(N)=O)C(=O)[C@H](N(C)C)[C@H]4C[C@H]2C3)CC1. The van der Waals surface area contributed by atoms with Gasteiger partial charge in [-0.05, 0) is 77.5 Å². The number of benzene rings is 1. The molecule has 11 heteroatoms. The van der Waals surface area contributed by atoms with Crippen LogP contribution in [0.15, 0.2) is 29.0 Å². The number of carbonyl (C=O) groups excluding carboxylic acids is 3. The molecule has 5 rings (SSSR count). The lowest BCUT2D eigenvalue weighted by Crippen LogP contribution is -2.65. The predicted molar refractivity (Wildman–Crippen MR) is 143 cm³/mol. The third-order valence-electron chi connectivity index (χ3n) is 9.19. The summed E-state index contributed by atoms with van der Waals surface area (Å²) in [5.74, 6) is -6.40. The van der Waals surface area contributed by atoms with Gasteiger partial charge in [0.05, 0.1) is 17.3 Å². The molecule has 0 unspecified atom stereocenters. The van der Waals surface area contributed by atoms with E-state index >= 15 is 0 Å². The minimum absolute atomic E-state index is 0.0732. The van der Waals surface area contributed by atoms with Gasteiger partial charge in [-0.25, -0.2) is 0 Å². The molecule has 6 N–H and O–H groups in total. The number of nitrogens with zero attached hydrogens (tertiary/aromatic N) is 3. The van der Waals surface area contributed by atoms with Crippen molar-refractivity contribution in [3.05, 3.63) is 40.2 Å². The molecule has 11 nitrogen and oxygen atoms in total. The largest absolute Gasteiger partial charge is 0.508 e. The Labute approximate surface area is 226 Å². The van der Waals surface area contributed by atoms with Gasteiger partial charge >= 0.3 is 0 Å². The van der Waals surface area contributed by atoms with Crippen LogP contribution in [-0.4, -0.2) is 107 Å². The summed E-state index contributed by atoms with van der Waals surface area (Å²) in [7, 11) is 7.11. The van der Waals surface area contributed by atoms with Crippen LogP contribution in [0.25, 0.3) is 5.76 Å². The number of phenols is 1. The quantitative estimate of drug-likeness (QED) is 0.339. The average molecular weight is 541 g/mol. The molecular formula is C28H36N4O7. The van der Waals surface area contributed by atoms with Crippen LogP contribution in [0, 0.1) is 11.8 Å². The monoisotopic (exact) mass is 540 g/mol. The summed E-state index contributed by atoms with van der Waals surface area (Å²) in [6, 6.07) is 2.73. The fraction of sp³-hybridized carbons (Fsp3) is 0.536. The van der Waals surface area contributed by atoms with Gasteiger partial charge in [0.15, 0.2) is 11.4 Å². The molecule has 0 spiro atoms. The number of carbonyl (C=O) groups is 3. The van der Waals surface area contributed by atoms with Crippen LogP contribution < -0.4 is 10.6 Å². The van der Waals surface area contributed by atoms with Crippen LogP contribution in [0.1, 0.15) is 30.4 Å².